The first kappa shape index (κ1) is 11.5. The highest BCUT2D eigenvalue weighted by Gasteiger charge is 2.75. The van der Waals surface area contributed by atoms with Crippen molar-refractivity contribution >= 4 is 5.91 Å². The smallest absolute Gasteiger partial charge is 0.229 e. The number of amides is 1. The van der Waals surface area contributed by atoms with Crippen LogP contribution in [0.3, 0.4) is 0 Å². The van der Waals surface area contributed by atoms with Gasteiger partial charge in [-0.3, -0.25) is 4.79 Å². The van der Waals surface area contributed by atoms with Crippen LogP contribution < -0.4 is 0 Å². The Bertz CT molecular complexity index is 530. The average molecular weight is 255 g/mol. The minimum absolute atomic E-state index is 0.147. The van der Waals surface area contributed by atoms with Gasteiger partial charge in [-0.05, 0) is 44.1 Å². The molecular formula is C17H21NO. The lowest BCUT2D eigenvalue weighted by Crippen LogP contribution is -2.41. The first-order chi connectivity index (χ1) is 9.19. The summed E-state index contributed by atoms with van der Waals surface area (Å²) in [5, 5.41) is 0. The molecule has 3 fully saturated rings. The summed E-state index contributed by atoms with van der Waals surface area (Å²) in [6, 6.07) is 8.80. The number of piperidine rings is 1. The maximum Gasteiger partial charge on any atom is 0.229 e. The Morgan fingerprint density at radius 2 is 2.16 bits per heavy atom. The van der Waals surface area contributed by atoms with Crippen molar-refractivity contribution in [1.29, 1.82) is 0 Å². The minimum Gasteiger partial charge on any atom is -0.342 e. The molecule has 1 saturated heterocycles. The zero-order valence-corrected chi connectivity index (χ0v) is 11.6. The zero-order valence-electron chi connectivity index (χ0n) is 11.6. The van der Waals surface area contributed by atoms with E-state index in [4.69, 9.17) is 0 Å². The highest BCUT2D eigenvalue weighted by Crippen LogP contribution is 2.76. The summed E-state index contributed by atoms with van der Waals surface area (Å²) >= 11 is 0. The van der Waals surface area contributed by atoms with Crippen LogP contribution in [0.5, 0.6) is 0 Å². The van der Waals surface area contributed by atoms with Crippen molar-refractivity contribution in [2.75, 3.05) is 13.1 Å². The summed E-state index contributed by atoms with van der Waals surface area (Å²) in [4.78, 5) is 14.6. The molecule has 4 rings (SSSR count). The first-order valence-corrected chi connectivity index (χ1v) is 7.55. The number of fused-ring (bicyclic) bond motifs is 1. The van der Waals surface area contributed by atoms with Gasteiger partial charge in [-0.1, -0.05) is 29.8 Å². The van der Waals surface area contributed by atoms with Crippen molar-refractivity contribution in [1.82, 2.24) is 4.90 Å². The van der Waals surface area contributed by atoms with E-state index >= 15 is 0 Å². The van der Waals surface area contributed by atoms with Gasteiger partial charge in [0.2, 0.25) is 5.91 Å². The summed E-state index contributed by atoms with van der Waals surface area (Å²) in [6.07, 6.45) is 4.74. The Hall–Kier alpha value is -1.31. The van der Waals surface area contributed by atoms with Crippen LogP contribution >= 0.6 is 0 Å². The molecule has 1 aliphatic heterocycles. The van der Waals surface area contributed by atoms with E-state index in [1.807, 2.05) is 0 Å². The van der Waals surface area contributed by atoms with Crippen LogP contribution in [0.4, 0.5) is 0 Å². The average Bonchev–Trinajstić information content (AvgIpc) is 3.27. The fourth-order valence-corrected chi connectivity index (χ4v) is 3.72. The predicted octanol–water partition coefficient (Wildman–Crippen LogP) is 3.11. The van der Waals surface area contributed by atoms with E-state index in [0.29, 0.717) is 11.8 Å². The van der Waals surface area contributed by atoms with Gasteiger partial charge in [0.15, 0.2) is 0 Å². The number of carbonyl (C=O) groups is 1. The molecule has 0 N–H and O–H groups in total. The standard InChI is InChI=1S/C17H21NO/c1-12-4-2-5-13(8-12)14-6-3-7-18(11-14)16(19)17-9-15(17)10-17/h2,4-5,8,14-15H,3,6-7,9-11H2,1H3. The van der Waals surface area contributed by atoms with Gasteiger partial charge in [0.25, 0.3) is 0 Å². The molecule has 0 radical (unpaired) electrons. The molecule has 0 spiro atoms. The van der Waals surface area contributed by atoms with Crippen molar-refractivity contribution in [2.45, 2.75) is 38.5 Å². The molecular weight excluding hydrogens is 234 g/mol. The molecule has 2 heteroatoms. The van der Waals surface area contributed by atoms with Crippen LogP contribution in [-0.2, 0) is 4.79 Å². The molecule has 0 bridgehead atoms. The monoisotopic (exact) mass is 255 g/mol. The van der Waals surface area contributed by atoms with Crippen molar-refractivity contribution in [3.8, 4) is 0 Å². The molecule has 1 unspecified atom stereocenters. The molecule has 1 heterocycles. The quantitative estimate of drug-likeness (QED) is 0.795. The Morgan fingerprint density at radius 3 is 2.84 bits per heavy atom. The van der Waals surface area contributed by atoms with E-state index in [1.54, 1.807) is 0 Å². The van der Waals surface area contributed by atoms with Crippen LogP contribution in [0, 0.1) is 18.3 Å². The number of benzene rings is 1. The number of hydrogen-bond donors (Lipinski definition) is 0. The third-order valence-corrected chi connectivity index (χ3v) is 5.33. The number of carbonyl (C=O) groups excluding carboxylic acids is 1. The Kier molecular flexibility index (Phi) is 2.33. The van der Waals surface area contributed by atoms with Crippen molar-refractivity contribution in [3.05, 3.63) is 35.4 Å². The Balaban J connectivity index is 1.50. The molecule has 2 aliphatic carbocycles. The van der Waals surface area contributed by atoms with Crippen molar-refractivity contribution in [3.63, 3.8) is 0 Å². The molecule has 19 heavy (non-hydrogen) atoms. The third-order valence-electron chi connectivity index (χ3n) is 5.33. The summed E-state index contributed by atoms with van der Waals surface area (Å²) in [5.41, 5.74) is 2.89. The lowest BCUT2D eigenvalue weighted by atomic mass is 9.89. The van der Waals surface area contributed by atoms with Gasteiger partial charge in [-0.25, -0.2) is 0 Å². The minimum atomic E-state index is 0.147. The highest BCUT2D eigenvalue weighted by molar-refractivity contribution is 5.90. The molecule has 1 aromatic carbocycles. The maximum absolute atomic E-state index is 12.5. The summed E-state index contributed by atoms with van der Waals surface area (Å²) in [6.45, 7) is 4.07. The molecule has 3 aliphatic rings. The van der Waals surface area contributed by atoms with Gasteiger partial charge in [0, 0.05) is 19.0 Å². The van der Waals surface area contributed by atoms with Gasteiger partial charge < -0.3 is 4.90 Å². The molecule has 100 valence electrons. The molecule has 0 aromatic heterocycles. The fourth-order valence-electron chi connectivity index (χ4n) is 3.72. The van der Waals surface area contributed by atoms with Crippen LogP contribution in [0.1, 0.15) is 42.7 Å². The molecule has 2 saturated carbocycles. The van der Waals surface area contributed by atoms with E-state index in [1.165, 1.54) is 30.4 Å². The van der Waals surface area contributed by atoms with Gasteiger partial charge in [0.05, 0.1) is 5.41 Å². The lowest BCUT2D eigenvalue weighted by molar-refractivity contribution is -0.136. The number of likely N-dealkylation sites (tertiary alicyclic amines) is 1. The number of nitrogens with zero attached hydrogens (tertiary/aromatic N) is 1. The molecule has 1 atom stereocenters. The first-order valence-electron chi connectivity index (χ1n) is 7.55. The zero-order chi connectivity index (χ0) is 13.0. The van der Waals surface area contributed by atoms with Crippen LogP contribution in [0.15, 0.2) is 24.3 Å². The predicted molar refractivity (Wildman–Crippen MR) is 74.9 cm³/mol. The summed E-state index contributed by atoms with van der Waals surface area (Å²) in [5.74, 6) is 1.78. The second kappa shape index (κ2) is 3.84. The highest BCUT2D eigenvalue weighted by atomic mass is 16.2. The van der Waals surface area contributed by atoms with E-state index in [2.05, 4.69) is 36.1 Å². The molecule has 1 aromatic rings. The van der Waals surface area contributed by atoms with Gasteiger partial charge in [0.1, 0.15) is 0 Å². The fraction of sp³-hybridized carbons (Fsp3) is 0.588. The molecule has 1 amide bonds. The van der Waals surface area contributed by atoms with Crippen LogP contribution in [0.25, 0.3) is 0 Å². The maximum atomic E-state index is 12.5. The number of hydrogen-bond acceptors (Lipinski definition) is 1. The van der Waals surface area contributed by atoms with E-state index < -0.39 is 0 Å². The van der Waals surface area contributed by atoms with E-state index in [9.17, 15) is 4.79 Å². The van der Waals surface area contributed by atoms with Gasteiger partial charge in [-0.15, -0.1) is 0 Å². The third kappa shape index (κ3) is 1.80. The largest absolute Gasteiger partial charge is 0.342 e. The summed E-state index contributed by atoms with van der Waals surface area (Å²) in [7, 11) is 0. The Labute approximate surface area is 114 Å². The second-order valence-electron chi connectivity index (χ2n) is 6.77. The van der Waals surface area contributed by atoms with Gasteiger partial charge >= 0.3 is 0 Å². The number of aryl methyl sites for hydroxylation is 1. The molecule has 2 nitrogen and oxygen atoms in total. The van der Waals surface area contributed by atoms with Gasteiger partial charge in [-0.2, -0.15) is 0 Å². The second-order valence-corrected chi connectivity index (χ2v) is 6.77. The Morgan fingerprint density at radius 1 is 1.37 bits per heavy atom. The van der Waals surface area contributed by atoms with E-state index in [-0.39, 0.29) is 5.41 Å². The normalized spacial score (nSPS) is 35.7. The van der Waals surface area contributed by atoms with Crippen molar-refractivity contribution < 1.29 is 4.79 Å². The lowest BCUT2D eigenvalue weighted by Gasteiger charge is -2.34. The summed E-state index contributed by atoms with van der Waals surface area (Å²) < 4.78 is 0. The van der Waals surface area contributed by atoms with Crippen LogP contribution in [0.2, 0.25) is 0 Å². The van der Waals surface area contributed by atoms with Crippen molar-refractivity contribution in [2.24, 2.45) is 11.3 Å². The SMILES string of the molecule is Cc1cccc(C2CCCN(C(=O)C34CC3C4)C2)c1. The van der Waals surface area contributed by atoms with Crippen LogP contribution in [-0.4, -0.2) is 23.9 Å². The number of rotatable bonds is 2. The topological polar surface area (TPSA) is 20.3 Å². The van der Waals surface area contributed by atoms with E-state index in [0.717, 1.165) is 25.4 Å².